The Morgan fingerprint density at radius 3 is 2.77 bits per heavy atom. The number of benzene rings is 1. The molecule has 0 bridgehead atoms. The van der Waals surface area contributed by atoms with E-state index in [-0.39, 0.29) is 18.1 Å². The minimum absolute atomic E-state index is 0.113. The minimum atomic E-state index is -1.10. The molecule has 2 heterocycles. The van der Waals surface area contributed by atoms with Crippen LogP contribution in [0.4, 0.5) is 10.1 Å². The van der Waals surface area contributed by atoms with E-state index in [4.69, 9.17) is 5.11 Å². The molecule has 0 saturated carbocycles. The first-order valence-corrected chi connectivity index (χ1v) is 7.79. The molecule has 3 aromatic rings. The number of nitrogens with one attached hydrogen (secondary N) is 1. The van der Waals surface area contributed by atoms with Crippen molar-refractivity contribution in [3.8, 4) is 0 Å². The Kier molecular flexibility index (Phi) is 4.78. The van der Waals surface area contributed by atoms with Crippen LogP contribution in [0.25, 0.3) is 0 Å². The Bertz CT molecular complexity index is 949. The lowest BCUT2D eigenvalue weighted by atomic mass is 10.2. The molecule has 0 fully saturated rings. The molecule has 26 heavy (non-hydrogen) atoms. The van der Waals surface area contributed by atoms with Crippen molar-refractivity contribution in [2.45, 2.75) is 19.5 Å². The van der Waals surface area contributed by atoms with Gasteiger partial charge in [-0.25, -0.2) is 13.9 Å². The standard InChI is InChI=1S/C17H16FN5O3/c1-11(17(25)26)23-15(6-7-19-23)16(24)21-13-8-20-22(10-13)9-12-4-2-3-5-14(12)18/h2-8,10-11H,9H2,1H3,(H,21,24)(H,25,26). The lowest BCUT2D eigenvalue weighted by molar-refractivity contribution is -0.140. The third kappa shape index (κ3) is 3.61. The second-order valence-electron chi connectivity index (χ2n) is 5.65. The number of halogens is 1. The van der Waals surface area contributed by atoms with Crippen LogP contribution < -0.4 is 5.32 Å². The van der Waals surface area contributed by atoms with Crippen LogP contribution in [-0.2, 0) is 11.3 Å². The highest BCUT2D eigenvalue weighted by Gasteiger charge is 2.21. The van der Waals surface area contributed by atoms with Gasteiger partial charge in [-0.3, -0.25) is 9.48 Å². The van der Waals surface area contributed by atoms with Crippen molar-refractivity contribution in [2.24, 2.45) is 0 Å². The molecule has 0 saturated heterocycles. The van der Waals surface area contributed by atoms with Gasteiger partial charge in [-0.2, -0.15) is 10.2 Å². The van der Waals surface area contributed by atoms with Crippen molar-refractivity contribution in [1.29, 1.82) is 0 Å². The highest BCUT2D eigenvalue weighted by atomic mass is 19.1. The van der Waals surface area contributed by atoms with Crippen LogP contribution in [0.15, 0.2) is 48.9 Å². The summed E-state index contributed by atoms with van der Waals surface area (Å²) in [6, 6.07) is 6.81. The molecule has 134 valence electrons. The summed E-state index contributed by atoms with van der Waals surface area (Å²) >= 11 is 0. The molecule has 0 aliphatic rings. The zero-order chi connectivity index (χ0) is 18.7. The van der Waals surface area contributed by atoms with Gasteiger partial charge in [-0.1, -0.05) is 18.2 Å². The van der Waals surface area contributed by atoms with Gasteiger partial charge < -0.3 is 10.4 Å². The number of aromatic nitrogens is 4. The van der Waals surface area contributed by atoms with E-state index in [2.05, 4.69) is 15.5 Å². The van der Waals surface area contributed by atoms with Crippen LogP contribution in [0.2, 0.25) is 0 Å². The first-order chi connectivity index (χ1) is 12.5. The Morgan fingerprint density at radius 2 is 2.04 bits per heavy atom. The van der Waals surface area contributed by atoms with E-state index >= 15 is 0 Å². The number of anilines is 1. The van der Waals surface area contributed by atoms with Crippen molar-refractivity contribution < 1.29 is 19.1 Å². The smallest absolute Gasteiger partial charge is 0.328 e. The molecule has 0 aliphatic carbocycles. The van der Waals surface area contributed by atoms with Gasteiger partial charge in [0.2, 0.25) is 0 Å². The summed E-state index contributed by atoms with van der Waals surface area (Å²) in [5, 5.41) is 19.7. The second-order valence-corrected chi connectivity index (χ2v) is 5.65. The summed E-state index contributed by atoms with van der Waals surface area (Å²) in [4.78, 5) is 23.5. The topological polar surface area (TPSA) is 102 Å². The average molecular weight is 357 g/mol. The summed E-state index contributed by atoms with van der Waals surface area (Å²) in [6.07, 6.45) is 4.35. The first kappa shape index (κ1) is 17.3. The van der Waals surface area contributed by atoms with E-state index in [1.807, 2.05) is 0 Å². The molecule has 1 aromatic carbocycles. The number of amides is 1. The summed E-state index contributed by atoms with van der Waals surface area (Å²) in [5.74, 6) is -1.94. The van der Waals surface area contributed by atoms with Crippen molar-refractivity contribution in [1.82, 2.24) is 19.6 Å². The molecule has 1 unspecified atom stereocenters. The van der Waals surface area contributed by atoms with Crippen molar-refractivity contribution in [3.63, 3.8) is 0 Å². The third-order valence-corrected chi connectivity index (χ3v) is 3.81. The Balaban J connectivity index is 1.72. The van der Waals surface area contributed by atoms with E-state index in [9.17, 15) is 14.0 Å². The number of hydrogen-bond donors (Lipinski definition) is 2. The van der Waals surface area contributed by atoms with Crippen molar-refractivity contribution in [3.05, 3.63) is 66.0 Å². The van der Waals surface area contributed by atoms with Gasteiger partial charge in [-0.05, 0) is 19.1 Å². The number of carboxylic acids is 1. The van der Waals surface area contributed by atoms with Crippen LogP contribution in [0.5, 0.6) is 0 Å². The Hall–Kier alpha value is -3.49. The van der Waals surface area contributed by atoms with Gasteiger partial charge in [0.25, 0.3) is 5.91 Å². The number of aliphatic carboxylic acids is 1. The number of rotatable bonds is 6. The maximum atomic E-state index is 13.7. The van der Waals surface area contributed by atoms with E-state index in [0.717, 1.165) is 4.68 Å². The van der Waals surface area contributed by atoms with Crippen LogP contribution in [0, 0.1) is 5.82 Å². The zero-order valence-electron chi connectivity index (χ0n) is 13.8. The lowest BCUT2D eigenvalue weighted by Crippen LogP contribution is -2.24. The largest absolute Gasteiger partial charge is 0.480 e. The van der Waals surface area contributed by atoms with E-state index in [1.54, 1.807) is 24.4 Å². The van der Waals surface area contributed by atoms with Gasteiger partial charge in [-0.15, -0.1) is 0 Å². The van der Waals surface area contributed by atoms with Crippen LogP contribution >= 0.6 is 0 Å². The number of carboxylic acid groups (broad SMARTS) is 1. The molecule has 0 aliphatic heterocycles. The van der Waals surface area contributed by atoms with Crippen molar-refractivity contribution >= 4 is 17.6 Å². The number of nitrogens with zero attached hydrogens (tertiary/aromatic N) is 4. The van der Waals surface area contributed by atoms with E-state index in [0.29, 0.717) is 11.3 Å². The molecule has 2 aromatic heterocycles. The molecule has 3 rings (SSSR count). The summed E-state index contributed by atoms with van der Waals surface area (Å²) in [5.41, 5.74) is 0.991. The maximum Gasteiger partial charge on any atom is 0.328 e. The molecular formula is C17H16FN5O3. The van der Waals surface area contributed by atoms with Crippen LogP contribution in [0.1, 0.15) is 29.0 Å². The molecule has 8 nitrogen and oxygen atoms in total. The minimum Gasteiger partial charge on any atom is -0.480 e. The summed E-state index contributed by atoms with van der Waals surface area (Å²) < 4.78 is 16.3. The lowest BCUT2D eigenvalue weighted by Gasteiger charge is -2.10. The number of carbonyl (C=O) groups is 2. The Labute approximate surface area is 147 Å². The van der Waals surface area contributed by atoms with Gasteiger partial charge in [0.15, 0.2) is 0 Å². The van der Waals surface area contributed by atoms with Crippen LogP contribution in [-0.4, -0.2) is 36.5 Å². The second kappa shape index (κ2) is 7.18. The molecular weight excluding hydrogens is 341 g/mol. The first-order valence-electron chi connectivity index (χ1n) is 7.79. The normalized spacial score (nSPS) is 11.9. The molecule has 1 atom stereocenters. The predicted octanol–water partition coefficient (Wildman–Crippen LogP) is 2.16. The highest BCUT2D eigenvalue weighted by molar-refractivity contribution is 6.03. The molecule has 0 radical (unpaired) electrons. The Morgan fingerprint density at radius 1 is 1.27 bits per heavy atom. The van der Waals surface area contributed by atoms with Crippen molar-refractivity contribution in [2.75, 3.05) is 5.32 Å². The predicted molar refractivity (Wildman–Crippen MR) is 90.3 cm³/mol. The monoisotopic (exact) mass is 357 g/mol. The van der Waals surface area contributed by atoms with Gasteiger partial charge in [0.1, 0.15) is 17.6 Å². The van der Waals surface area contributed by atoms with Gasteiger partial charge in [0.05, 0.1) is 18.4 Å². The fraction of sp³-hybridized carbons (Fsp3) is 0.176. The fourth-order valence-corrected chi connectivity index (χ4v) is 2.42. The quantitative estimate of drug-likeness (QED) is 0.704. The molecule has 2 N–H and O–H groups in total. The third-order valence-electron chi connectivity index (χ3n) is 3.81. The molecule has 1 amide bonds. The zero-order valence-corrected chi connectivity index (χ0v) is 13.8. The fourth-order valence-electron chi connectivity index (χ4n) is 2.42. The number of hydrogen-bond acceptors (Lipinski definition) is 4. The van der Waals surface area contributed by atoms with Gasteiger partial charge >= 0.3 is 5.97 Å². The SMILES string of the molecule is CC(C(=O)O)n1nccc1C(=O)Nc1cnn(Cc2ccccc2F)c1. The number of carbonyl (C=O) groups excluding carboxylic acids is 1. The summed E-state index contributed by atoms with van der Waals surface area (Å²) in [6.45, 7) is 1.65. The van der Waals surface area contributed by atoms with E-state index < -0.39 is 17.9 Å². The average Bonchev–Trinajstić information content (AvgIpc) is 3.25. The summed E-state index contributed by atoms with van der Waals surface area (Å²) in [7, 11) is 0. The van der Waals surface area contributed by atoms with E-state index in [1.165, 1.54) is 36.1 Å². The highest BCUT2D eigenvalue weighted by Crippen LogP contribution is 2.14. The van der Waals surface area contributed by atoms with Crippen LogP contribution in [0.3, 0.4) is 0 Å². The van der Waals surface area contributed by atoms with Gasteiger partial charge in [0, 0.05) is 18.0 Å². The molecule has 0 spiro atoms. The molecule has 9 heteroatoms. The maximum absolute atomic E-state index is 13.7.